The van der Waals surface area contributed by atoms with Crippen LogP contribution < -0.4 is 0 Å². The van der Waals surface area contributed by atoms with E-state index in [0.29, 0.717) is 10.9 Å². The van der Waals surface area contributed by atoms with Gasteiger partial charge in [0.15, 0.2) is 0 Å². The van der Waals surface area contributed by atoms with Crippen LogP contribution in [0.3, 0.4) is 0 Å². The van der Waals surface area contributed by atoms with Crippen LogP contribution in [0, 0.1) is 0 Å². The predicted octanol–water partition coefficient (Wildman–Crippen LogP) is 4.41. The summed E-state index contributed by atoms with van der Waals surface area (Å²) >= 11 is 0. The highest BCUT2D eigenvalue weighted by molar-refractivity contribution is 7.96. The largest absolute Gasteiger partial charge is 0.133 e. The monoisotopic (exact) mass is 237 g/mol. The van der Waals surface area contributed by atoms with Crippen molar-refractivity contribution in [3.63, 3.8) is 0 Å². The molecule has 16 heavy (non-hydrogen) atoms. The highest BCUT2D eigenvalue weighted by Crippen LogP contribution is 2.13. The fourth-order valence-electron chi connectivity index (χ4n) is 1.75. The van der Waals surface area contributed by atoms with Crippen molar-refractivity contribution in [2.45, 2.75) is 45.3 Å². The second kappa shape index (κ2) is 8.69. The summed E-state index contributed by atoms with van der Waals surface area (Å²) < 4.78 is 0. The minimum Gasteiger partial charge on any atom is -0.0652 e. The molecule has 0 radical (unpaired) electrons. The Hall–Kier alpha value is -0.430. The normalized spacial score (nSPS) is 10.9. The van der Waals surface area contributed by atoms with Crippen LogP contribution in [0.2, 0.25) is 0 Å². The lowest BCUT2D eigenvalue weighted by Gasteiger charge is -2.08. The van der Waals surface area contributed by atoms with E-state index >= 15 is 0 Å². The molecule has 0 spiro atoms. The van der Waals surface area contributed by atoms with Gasteiger partial charge >= 0.3 is 0 Å². The van der Waals surface area contributed by atoms with Gasteiger partial charge in [0.2, 0.25) is 0 Å². The summed E-state index contributed by atoms with van der Waals surface area (Å²) in [5, 5.41) is 0. The van der Waals surface area contributed by atoms with Gasteiger partial charge in [-0.25, -0.2) is 0 Å². The van der Waals surface area contributed by atoms with Crippen LogP contribution in [0.15, 0.2) is 30.3 Å². The Morgan fingerprint density at radius 1 is 0.875 bits per heavy atom. The van der Waals surface area contributed by atoms with Crippen LogP contribution in [-0.2, 0) is 16.6 Å². The van der Waals surface area contributed by atoms with Gasteiger partial charge in [-0.3, -0.25) is 0 Å². The second-order valence-corrected chi connectivity index (χ2v) is 6.69. The van der Waals surface area contributed by atoms with Gasteiger partial charge in [0.25, 0.3) is 0 Å². The van der Waals surface area contributed by atoms with Crippen LogP contribution in [0.5, 0.6) is 0 Å². The standard InChI is InChI=1S/C15H25S/c1-3-5-12-16(13-6-4-2)14-15-10-8-7-9-11-15/h7-11H,3-6,12-14H2,1-2H3/q+1. The first-order chi connectivity index (χ1) is 7.86. The molecule has 0 aliphatic heterocycles. The Morgan fingerprint density at radius 3 is 1.94 bits per heavy atom. The summed E-state index contributed by atoms with van der Waals surface area (Å²) in [6, 6.07) is 11.0. The molecule has 0 aromatic heterocycles. The fraction of sp³-hybridized carbons (Fsp3) is 0.600. The predicted molar refractivity (Wildman–Crippen MR) is 77.1 cm³/mol. The summed E-state index contributed by atoms with van der Waals surface area (Å²) in [5.74, 6) is 4.18. The van der Waals surface area contributed by atoms with E-state index < -0.39 is 0 Å². The lowest BCUT2D eigenvalue weighted by molar-refractivity contribution is 0.870. The zero-order valence-corrected chi connectivity index (χ0v) is 11.6. The molecular formula is C15H25S+. The third-order valence-corrected chi connectivity index (χ3v) is 5.26. The molecule has 0 heterocycles. The molecule has 0 amide bonds. The molecule has 1 rings (SSSR count). The Morgan fingerprint density at radius 2 is 1.44 bits per heavy atom. The summed E-state index contributed by atoms with van der Waals surface area (Å²) in [6.07, 6.45) is 5.48. The van der Waals surface area contributed by atoms with Gasteiger partial charge in [0.05, 0.1) is 0 Å². The summed E-state index contributed by atoms with van der Waals surface area (Å²) in [7, 11) is 0.625. The average molecular weight is 237 g/mol. The zero-order chi connectivity index (χ0) is 11.6. The molecule has 0 saturated carbocycles. The minimum atomic E-state index is 0.625. The maximum atomic E-state index is 2.30. The first-order valence-corrected chi connectivity index (χ1v) is 8.28. The van der Waals surface area contributed by atoms with E-state index in [4.69, 9.17) is 0 Å². The smallest absolute Gasteiger partial charge is 0.0652 e. The molecule has 1 heteroatoms. The van der Waals surface area contributed by atoms with Crippen molar-refractivity contribution in [2.24, 2.45) is 0 Å². The number of unbranched alkanes of at least 4 members (excludes halogenated alkanes) is 2. The van der Waals surface area contributed by atoms with Gasteiger partial charge in [0.1, 0.15) is 17.3 Å². The fourth-order valence-corrected chi connectivity index (χ4v) is 4.30. The number of hydrogen-bond donors (Lipinski definition) is 0. The summed E-state index contributed by atoms with van der Waals surface area (Å²) in [5.41, 5.74) is 1.53. The molecule has 0 aliphatic carbocycles. The minimum absolute atomic E-state index is 0.625. The Bertz CT molecular complexity index is 247. The van der Waals surface area contributed by atoms with Crippen molar-refractivity contribution in [1.29, 1.82) is 0 Å². The topological polar surface area (TPSA) is 0 Å². The Kier molecular flexibility index (Phi) is 7.41. The zero-order valence-electron chi connectivity index (χ0n) is 10.7. The molecule has 0 aliphatic rings. The van der Waals surface area contributed by atoms with Gasteiger partial charge in [-0.05, 0) is 23.7 Å². The van der Waals surface area contributed by atoms with Crippen molar-refractivity contribution in [2.75, 3.05) is 11.5 Å². The van der Waals surface area contributed by atoms with Crippen molar-refractivity contribution in [1.82, 2.24) is 0 Å². The van der Waals surface area contributed by atoms with Gasteiger partial charge in [0, 0.05) is 5.56 Å². The van der Waals surface area contributed by atoms with Gasteiger partial charge < -0.3 is 0 Å². The summed E-state index contributed by atoms with van der Waals surface area (Å²) in [6.45, 7) is 4.59. The Balaban J connectivity index is 2.42. The molecule has 0 saturated heterocycles. The van der Waals surface area contributed by atoms with E-state index in [-0.39, 0.29) is 0 Å². The third kappa shape index (κ3) is 5.60. The number of rotatable bonds is 8. The molecule has 90 valence electrons. The van der Waals surface area contributed by atoms with E-state index in [1.54, 1.807) is 0 Å². The molecule has 1 aromatic carbocycles. The van der Waals surface area contributed by atoms with Crippen molar-refractivity contribution in [3.8, 4) is 0 Å². The number of hydrogen-bond acceptors (Lipinski definition) is 0. The first-order valence-electron chi connectivity index (χ1n) is 6.54. The lowest BCUT2D eigenvalue weighted by atomic mass is 10.2. The molecule has 0 atom stereocenters. The van der Waals surface area contributed by atoms with E-state index in [2.05, 4.69) is 44.2 Å². The SMILES string of the molecule is CCCC[S+](CCCC)Cc1ccccc1. The molecule has 1 aromatic rings. The maximum absolute atomic E-state index is 2.30. The van der Waals surface area contributed by atoms with Crippen LogP contribution >= 0.6 is 0 Å². The van der Waals surface area contributed by atoms with Crippen LogP contribution in [-0.4, -0.2) is 11.5 Å². The molecule has 0 fully saturated rings. The van der Waals surface area contributed by atoms with Crippen molar-refractivity contribution in [3.05, 3.63) is 35.9 Å². The van der Waals surface area contributed by atoms with Crippen molar-refractivity contribution < 1.29 is 0 Å². The molecule has 0 bridgehead atoms. The summed E-state index contributed by atoms with van der Waals surface area (Å²) in [4.78, 5) is 0. The van der Waals surface area contributed by atoms with Gasteiger partial charge in [-0.15, -0.1) is 0 Å². The quantitative estimate of drug-likeness (QED) is 0.588. The van der Waals surface area contributed by atoms with Crippen LogP contribution in [0.1, 0.15) is 45.1 Å². The maximum Gasteiger partial charge on any atom is 0.133 e. The van der Waals surface area contributed by atoms with E-state index in [0.717, 1.165) is 0 Å². The Labute approximate surface area is 104 Å². The van der Waals surface area contributed by atoms with Crippen LogP contribution in [0.4, 0.5) is 0 Å². The molecular weight excluding hydrogens is 212 g/mol. The van der Waals surface area contributed by atoms with E-state index in [1.165, 1.54) is 48.5 Å². The third-order valence-electron chi connectivity index (χ3n) is 2.79. The van der Waals surface area contributed by atoms with E-state index in [9.17, 15) is 0 Å². The molecule has 0 nitrogen and oxygen atoms in total. The van der Waals surface area contributed by atoms with E-state index in [1.807, 2.05) is 0 Å². The molecule has 0 unspecified atom stereocenters. The van der Waals surface area contributed by atoms with Gasteiger partial charge in [-0.2, -0.15) is 0 Å². The second-order valence-electron chi connectivity index (χ2n) is 4.36. The lowest BCUT2D eigenvalue weighted by Crippen LogP contribution is -2.14. The van der Waals surface area contributed by atoms with Crippen molar-refractivity contribution >= 4 is 10.9 Å². The number of benzene rings is 1. The highest BCUT2D eigenvalue weighted by atomic mass is 32.2. The highest BCUT2D eigenvalue weighted by Gasteiger charge is 2.16. The molecule has 0 N–H and O–H groups in total. The average Bonchev–Trinajstić information content (AvgIpc) is 2.34. The van der Waals surface area contributed by atoms with Crippen LogP contribution in [0.25, 0.3) is 0 Å². The first kappa shape index (κ1) is 13.6. The van der Waals surface area contributed by atoms with Gasteiger partial charge in [-0.1, -0.05) is 57.0 Å².